The number of carbonyl (C=O) groups excluding carboxylic acids is 2. The Labute approximate surface area is 208 Å². The molecule has 5 rings (SSSR count). The van der Waals surface area contributed by atoms with Crippen molar-refractivity contribution in [2.45, 2.75) is 13.5 Å². The number of hydrogen-bond acceptors (Lipinski definition) is 6. The molecule has 0 unspecified atom stereocenters. The normalized spacial score (nSPS) is 14.1. The molecule has 1 saturated heterocycles. The predicted octanol–water partition coefficient (Wildman–Crippen LogP) is 4.92. The molecule has 0 bridgehead atoms. The largest absolute Gasteiger partial charge is 0.459 e. The zero-order valence-corrected chi connectivity index (χ0v) is 20.3. The number of benzene rings is 2. The Morgan fingerprint density at radius 2 is 1.83 bits per heavy atom. The molecule has 0 saturated carbocycles. The second kappa shape index (κ2) is 10.2. The standard InChI is InChI=1S/C27H26N4O3S/c1-19-9-10-21(16-23(19)29-25(32)24-8-5-15-34-24)27(33)31-13-11-30(12-14-31)17-22-18-35-26(28-22)20-6-3-2-4-7-20/h2-10,15-16,18H,11-14,17H2,1H3,(H,29,32). The highest BCUT2D eigenvalue weighted by Crippen LogP contribution is 2.24. The topological polar surface area (TPSA) is 78.7 Å². The van der Waals surface area contributed by atoms with E-state index in [0.29, 0.717) is 24.3 Å². The summed E-state index contributed by atoms with van der Waals surface area (Å²) in [6, 6.07) is 18.9. The maximum atomic E-state index is 13.2. The summed E-state index contributed by atoms with van der Waals surface area (Å²) >= 11 is 1.66. The summed E-state index contributed by atoms with van der Waals surface area (Å²) in [5.74, 6) is -0.139. The predicted molar refractivity (Wildman–Crippen MR) is 137 cm³/mol. The number of amides is 2. The zero-order chi connectivity index (χ0) is 24.2. The van der Waals surface area contributed by atoms with Gasteiger partial charge in [0.15, 0.2) is 5.76 Å². The SMILES string of the molecule is Cc1ccc(C(=O)N2CCN(Cc3csc(-c4ccccc4)n3)CC2)cc1NC(=O)c1ccco1. The molecule has 1 aliphatic heterocycles. The molecule has 35 heavy (non-hydrogen) atoms. The van der Waals surface area contributed by atoms with Crippen LogP contribution < -0.4 is 5.32 Å². The highest BCUT2D eigenvalue weighted by Gasteiger charge is 2.23. The number of carbonyl (C=O) groups is 2. The molecule has 1 aliphatic rings. The molecule has 2 aromatic heterocycles. The average molecular weight is 487 g/mol. The number of furan rings is 1. The molecular formula is C27H26N4O3S. The first-order valence-electron chi connectivity index (χ1n) is 11.5. The van der Waals surface area contributed by atoms with Crippen molar-refractivity contribution in [2.75, 3.05) is 31.5 Å². The lowest BCUT2D eigenvalue weighted by Gasteiger charge is -2.34. The Morgan fingerprint density at radius 3 is 2.57 bits per heavy atom. The maximum absolute atomic E-state index is 13.2. The Balaban J connectivity index is 1.18. The fourth-order valence-electron chi connectivity index (χ4n) is 4.10. The van der Waals surface area contributed by atoms with Gasteiger partial charge in [0.25, 0.3) is 11.8 Å². The van der Waals surface area contributed by atoms with E-state index in [1.165, 1.54) is 6.26 Å². The van der Waals surface area contributed by atoms with Crippen molar-refractivity contribution in [3.63, 3.8) is 0 Å². The Hall–Kier alpha value is -3.75. The second-order valence-corrected chi connectivity index (χ2v) is 9.40. The molecule has 0 radical (unpaired) electrons. The third kappa shape index (κ3) is 5.34. The van der Waals surface area contributed by atoms with Gasteiger partial charge in [0.2, 0.25) is 0 Å². The van der Waals surface area contributed by atoms with Crippen molar-refractivity contribution in [3.8, 4) is 10.6 Å². The summed E-state index contributed by atoms with van der Waals surface area (Å²) in [6.07, 6.45) is 1.46. The fraction of sp³-hybridized carbons (Fsp3) is 0.222. The van der Waals surface area contributed by atoms with Gasteiger partial charge in [0.05, 0.1) is 12.0 Å². The Bertz CT molecular complexity index is 1310. The first-order valence-corrected chi connectivity index (χ1v) is 12.4. The van der Waals surface area contributed by atoms with E-state index in [0.717, 1.165) is 41.5 Å². The third-order valence-electron chi connectivity index (χ3n) is 6.10. The molecule has 0 atom stereocenters. The molecule has 1 N–H and O–H groups in total. The van der Waals surface area contributed by atoms with Crippen LogP contribution in [0.2, 0.25) is 0 Å². The van der Waals surface area contributed by atoms with E-state index in [1.807, 2.05) is 42.2 Å². The van der Waals surface area contributed by atoms with Gasteiger partial charge in [-0.2, -0.15) is 0 Å². The minimum atomic E-state index is -0.339. The van der Waals surface area contributed by atoms with Crippen molar-refractivity contribution in [1.29, 1.82) is 0 Å². The highest BCUT2D eigenvalue weighted by atomic mass is 32.1. The van der Waals surface area contributed by atoms with Gasteiger partial charge >= 0.3 is 0 Å². The van der Waals surface area contributed by atoms with E-state index in [2.05, 4.69) is 27.7 Å². The van der Waals surface area contributed by atoms with Gasteiger partial charge in [-0.3, -0.25) is 14.5 Å². The Morgan fingerprint density at radius 1 is 1.03 bits per heavy atom. The van der Waals surface area contributed by atoms with E-state index < -0.39 is 0 Å². The van der Waals surface area contributed by atoms with Gasteiger partial charge in [0.1, 0.15) is 5.01 Å². The number of anilines is 1. The van der Waals surface area contributed by atoms with Crippen molar-refractivity contribution >= 4 is 28.8 Å². The summed E-state index contributed by atoms with van der Waals surface area (Å²) in [4.78, 5) is 34.5. The van der Waals surface area contributed by atoms with Crippen LogP contribution in [0.4, 0.5) is 5.69 Å². The molecule has 0 spiro atoms. The van der Waals surface area contributed by atoms with E-state index in [1.54, 1.807) is 29.5 Å². The maximum Gasteiger partial charge on any atom is 0.291 e. The fourth-order valence-corrected chi connectivity index (χ4v) is 4.91. The second-order valence-electron chi connectivity index (χ2n) is 8.54. The van der Waals surface area contributed by atoms with Crippen LogP contribution in [0.15, 0.2) is 76.7 Å². The summed E-state index contributed by atoms with van der Waals surface area (Å²) in [5.41, 5.74) is 4.24. The van der Waals surface area contributed by atoms with Crippen molar-refractivity contribution < 1.29 is 14.0 Å². The lowest BCUT2D eigenvalue weighted by Crippen LogP contribution is -2.48. The molecule has 2 amide bonds. The van der Waals surface area contributed by atoms with Crippen LogP contribution in [0.25, 0.3) is 10.6 Å². The Kier molecular flexibility index (Phi) is 6.74. The van der Waals surface area contributed by atoms with Gasteiger partial charge in [-0.05, 0) is 36.8 Å². The van der Waals surface area contributed by atoms with E-state index in [4.69, 9.17) is 9.40 Å². The highest BCUT2D eigenvalue weighted by molar-refractivity contribution is 7.13. The number of piperazine rings is 1. The summed E-state index contributed by atoms with van der Waals surface area (Å²) in [7, 11) is 0. The lowest BCUT2D eigenvalue weighted by molar-refractivity contribution is 0.0627. The van der Waals surface area contributed by atoms with E-state index >= 15 is 0 Å². The third-order valence-corrected chi connectivity index (χ3v) is 7.04. The average Bonchev–Trinajstić information content (AvgIpc) is 3.59. The van der Waals surface area contributed by atoms with E-state index in [9.17, 15) is 9.59 Å². The minimum Gasteiger partial charge on any atom is -0.459 e. The molecular weight excluding hydrogens is 460 g/mol. The molecule has 4 aromatic rings. The zero-order valence-electron chi connectivity index (χ0n) is 19.4. The van der Waals surface area contributed by atoms with Crippen LogP contribution in [0.1, 0.15) is 32.2 Å². The molecule has 2 aromatic carbocycles. The molecule has 8 heteroatoms. The van der Waals surface area contributed by atoms with Gasteiger partial charge in [0, 0.05) is 54.9 Å². The monoisotopic (exact) mass is 486 g/mol. The van der Waals surface area contributed by atoms with Crippen molar-refractivity contribution in [3.05, 3.63) is 94.9 Å². The summed E-state index contributed by atoms with van der Waals surface area (Å²) in [6.45, 7) is 5.55. The number of thiazole rings is 1. The van der Waals surface area contributed by atoms with Crippen LogP contribution in [0, 0.1) is 6.92 Å². The van der Waals surface area contributed by atoms with Gasteiger partial charge in [-0.25, -0.2) is 4.98 Å². The number of rotatable bonds is 6. The van der Waals surface area contributed by atoms with E-state index in [-0.39, 0.29) is 17.6 Å². The summed E-state index contributed by atoms with van der Waals surface area (Å²) in [5, 5.41) is 5.99. The van der Waals surface area contributed by atoms with Crippen LogP contribution in [0.3, 0.4) is 0 Å². The van der Waals surface area contributed by atoms with Gasteiger partial charge in [-0.1, -0.05) is 36.4 Å². The van der Waals surface area contributed by atoms with Gasteiger partial charge in [-0.15, -0.1) is 11.3 Å². The number of nitrogens with zero attached hydrogens (tertiary/aromatic N) is 3. The van der Waals surface area contributed by atoms with Crippen molar-refractivity contribution in [2.24, 2.45) is 0 Å². The van der Waals surface area contributed by atoms with Crippen LogP contribution in [0.5, 0.6) is 0 Å². The molecule has 3 heterocycles. The molecule has 0 aliphatic carbocycles. The number of aryl methyl sites for hydroxylation is 1. The lowest BCUT2D eigenvalue weighted by atomic mass is 10.1. The van der Waals surface area contributed by atoms with Gasteiger partial charge < -0.3 is 14.6 Å². The van der Waals surface area contributed by atoms with Crippen LogP contribution >= 0.6 is 11.3 Å². The number of nitrogens with one attached hydrogen (secondary N) is 1. The molecule has 7 nitrogen and oxygen atoms in total. The molecule has 178 valence electrons. The summed E-state index contributed by atoms with van der Waals surface area (Å²) < 4.78 is 5.16. The quantitative estimate of drug-likeness (QED) is 0.418. The first-order chi connectivity index (χ1) is 17.1. The smallest absolute Gasteiger partial charge is 0.291 e. The first kappa shape index (κ1) is 23.0. The number of aromatic nitrogens is 1. The van der Waals surface area contributed by atoms with Crippen LogP contribution in [-0.2, 0) is 6.54 Å². The molecule has 1 fully saturated rings. The minimum absolute atomic E-state index is 0.0295. The number of hydrogen-bond donors (Lipinski definition) is 1. The van der Waals surface area contributed by atoms with Crippen molar-refractivity contribution in [1.82, 2.24) is 14.8 Å². The van der Waals surface area contributed by atoms with Crippen LogP contribution in [-0.4, -0.2) is 52.8 Å².